The number of hydrogen-bond donors (Lipinski definition) is 1. The van der Waals surface area contributed by atoms with E-state index < -0.39 is 0 Å². The van der Waals surface area contributed by atoms with Gasteiger partial charge in [-0.05, 0) is 60.9 Å². The molecule has 1 aliphatic rings. The van der Waals surface area contributed by atoms with Crippen molar-refractivity contribution in [2.24, 2.45) is 10.2 Å². The maximum atomic E-state index is 12.1. The van der Waals surface area contributed by atoms with Gasteiger partial charge in [0.15, 0.2) is 5.17 Å². The zero-order valence-electron chi connectivity index (χ0n) is 14.4. The van der Waals surface area contributed by atoms with Crippen molar-refractivity contribution in [3.05, 3.63) is 64.7 Å². The number of methoxy groups -OCH3 is 1. The van der Waals surface area contributed by atoms with Crippen molar-refractivity contribution in [3.63, 3.8) is 0 Å². The molecule has 134 valence electrons. The van der Waals surface area contributed by atoms with Crippen LogP contribution in [0.4, 0.5) is 0 Å². The molecule has 3 rings (SSSR count). The number of amides is 1. The second-order valence-electron chi connectivity index (χ2n) is 5.75. The monoisotopic (exact) mass is 387 g/mol. The standard InChI is InChI=1S/C19H18ClN3O2S/c1-12(14-5-9-16(25-2)10-6-14)22-23-19-21-18(24)17(26-19)11-13-3-7-15(20)8-4-13/h3-10,17H,11H2,1-2H3,(H,21,23,24)/b22-12-/t17-/m1/s1. The van der Waals surface area contributed by atoms with Crippen molar-refractivity contribution in [1.29, 1.82) is 0 Å². The third kappa shape index (κ3) is 4.65. The van der Waals surface area contributed by atoms with Crippen molar-refractivity contribution in [2.45, 2.75) is 18.6 Å². The largest absolute Gasteiger partial charge is 0.497 e. The van der Waals surface area contributed by atoms with E-state index in [0.29, 0.717) is 16.6 Å². The molecule has 1 N–H and O–H groups in total. The number of rotatable bonds is 5. The molecule has 0 unspecified atom stereocenters. The Balaban J connectivity index is 1.65. The van der Waals surface area contributed by atoms with Crippen LogP contribution in [0.25, 0.3) is 0 Å². The van der Waals surface area contributed by atoms with E-state index in [0.717, 1.165) is 22.6 Å². The highest BCUT2D eigenvalue weighted by molar-refractivity contribution is 8.15. The molecule has 1 saturated heterocycles. The summed E-state index contributed by atoms with van der Waals surface area (Å²) >= 11 is 7.28. The number of thioether (sulfide) groups is 1. The Labute approximate surface area is 161 Å². The predicted molar refractivity (Wildman–Crippen MR) is 107 cm³/mol. The number of nitrogens with zero attached hydrogens (tertiary/aromatic N) is 2. The lowest BCUT2D eigenvalue weighted by Gasteiger charge is -2.05. The van der Waals surface area contributed by atoms with Gasteiger partial charge in [0.05, 0.1) is 18.1 Å². The topological polar surface area (TPSA) is 63.1 Å². The van der Waals surface area contributed by atoms with Gasteiger partial charge in [0, 0.05) is 5.02 Å². The van der Waals surface area contributed by atoms with Crippen molar-refractivity contribution >= 4 is 40.1 Å². The van der Waals surface area contributed by atoms with Crippen LogP contribution in [0.15, 0.2) is 58.7 Å². The summed E-state index contributed by atoms with van der Waals surface area (Å²) in [5, 5.41) is 12.2. The Bertz CT molecular complexity index is 848. The summed E-state index contributed by atoms with van der Waals surface area (Å²) in [6.45, 7) is 1.87. The number of carbonyl (C=O) groups is 1. The number of amidine groups is 1. The van der Waals surface area contributed by atoms with E-state index in [4.69, 9.17) is 16.3 Å². The molecule has 2 aromatic rings. The fourth-order valence-electron chi connectivity index (χ4n) is 2.43. The van der Waals surface area contributed by atoms with Crippen LogP contribution in [0.5, 0.6) is 5.75 Å². The number of ether oxygens (including phenoxy) is 1. The second-order valence-corrected chi connectivity index (χ2v) is 7.37. The number of halogens is 1. The van der Waals surface area contributed by atoms with Crippen LogP contribution in [0.2, 0.25) is 5.02 Å². The number of benzene rings is 2. The molecule has 0 aromatic heterocycles. The lowest BCUT2D eigenvalue weighted by Crippen LogP contribution is -2.25. The molecule has 0 radical (unpaired) electrons. The van der Waals surface area contributed by atoms with Crippen LogP contribution in [-0.4, -0.2) is 29.1 Å². The van der Waals surface area contributed by atoms with E-state index >= 15 is 0 Å². The first kappa shape index (κ1) is 18.5. The van der Waals surface area contributed by atoms with Crippen LogP contribution in [0.3, 0.4) is 0 Å². The predicted octanol–water partition coefficient (Wildman–Crippen LogP) is 3.90. The summed E-state index contributed by atoms with van der Waals surface area (Å²) in [7, 11) is 1.63. The zero-order chi connectivity index (χ0) is 18.5. The van der Waals surface area contributed by atoms with Gasteiger partial charge < -0.3 is 10.1 Å². The number of carbonyl (C=O) groups excluding carboxylic acids is 1. The Morgan fingerprint density at radius 1 is 1.19 bits per heavy atom. The average molecular weight is 388 g/mol. The lowest BCUT2D eigenvalue weighted by atomic mass is 10.1. The molecule has 26 heavy (non-hydrogen) atoms. The highest BCUT2D eigenvalue weighted by Crippen LogP contribution is 2.24. The van der Waals surface area contributed by atoms with E-state index in [1.165, 1.54) is 11.8 Å². The highest BCUT2D eigenvalue weighted by Gasteiger charge is 2.30. The quantitative estimate of drug-likeness (QED) is 0.625. The van der Waals surface area contributed by atoms with Gasteiger partial charge in [-0.25, -0.2) is 0 Å². The normalized spacial score (nSPS) is 18.9. The summed E-state index contributed by atoms with van der Waals surface area (Å²) in [5.74, 6) is 0.734. The van der Waals surface area contributed by atoms with Crippen molar-refractivity contribution in [3.8, 4) is 5.75 Å². The van der Waals surface area contributed by atoms with Crippen LogP contribution in [-0.2, 0) is 11.2 Å². The van der Waals surface area contributed by atoms with Gasteiger partial charge in [-0.2, -0.15) is 5.10 Å². The number of hydrogen-bond acceptors (Lipinski definition) is 5. The smallest absolute Gasteiger partial charge is 0.239 e. The summed E-state index contributed by atoms with van der Waals surface area (Å²) in [4.78, 5) is 12.1. The van der Waals surface area contributed by atoms with Gasteiger partial charge in [-0.15, -0.1) is 5.10 Å². The number of nitrogens with one attached hydrogen (secondary N) is 1. The molecule has 5 nitrogen and oxygen atoms in total. The Morgan fingerprint density at radius 3 is 2.54 bits per heavy atom. The first-order valence-corrected chi connectivity index (χ1v) is 9.29. The minimum Gasteiger partial charge on any atom is -0.497 e. The van der Waals surface area contributed by atoms with Gasteiger partial charge >= 0.3 is 0 Å². The van der Waals surface area contributed by atoms with E-state index in [1.54, 1.807) is 7.11 Å². The second kappa shape index (κ2) is 8.38. The van der Waals surface area contributed by atoms with E-state index in [-0.39, 0.29) is 11.2 Å². The third-order valence-corrected chi connectivity index (χ3v) is 5.23. The average Bonchev–Trinajstić information content (AvgIpc) is 3.01. The fourth-order valence-corrected chi connectivity index (χ4v) is 3.52. The van der Waals surface area contributed by atoms with Gasteiger partial charge in [0.1, 0.15) is 5.75 Å². The third-order valence-electron chi connectivity index (χ3n) is 3.91. The molecule has 7 heteroatoms. The Morgan fingerprint density at radius 2 is 1.88 bits per heavy atom. The first-order valence-electron chi connectivity index (χ1n) is 8.04. The molecule has 1 aliphatic heterocycles. The van der Waals surface area contributed by atoms with Crippen LogP contribution < -0.4 is 10.1 Å². The lowest BCUT2D eigenvalue weighted by molar-refractivity contribution is -0.118. The van der Waals surface area contributed by atoms with Crippen LogP contribution >= 0.6 is 23.4 Å². The molecule has 1 amide bonds. The Hall–Kier alpha value is -2.31. The van der Waals surface area contributed by atoms with Crippen molar-refractivity contribution < 1.29 is 9.53 Å². The molecule has 0 saturated carbocycles. The highest BCUT2D eigenvalue weighted by atomic mass is 35.5. The minimum atomic E-state index is -0.216. The fraction of sp³-hybridized carbons (Fsp3) is 0.211. The molecule has 1 atom stereocenters. The Kier molecular flexibility index (Phi) is 5.96. The molecule has 1 heterocycles. The van der Waals surface area contributed by atoms with Gasteiger partial charge in [0.2, 0.25) is 5.91 Å². The zero-order valence-corrected chi connectivity index (χ0v) is 16.0. The molecular formula is C19H18ClN3O2S. The first-order chi connectivity index (χ1) is 12.5. The van der Waals surface area contributed by atoms with Crippen LogP contribution in [0.1, 0.15) is 18.1 Å². The minimum absolute atomic E-state index is 0.0546. The van der Waals surface area contributed by atoms with Gasteiger partial charge in [-0.3, -0.25) is 4.79 Å². The van der Waals surface area contributed by atoms with Gasteiger partial charge in [-0.1, -0.05) is 35.5 Å². The van der Waals surface area contributed by atoms with Crippen molar-refractivity contribution in [1.82, 2.24) is 5.32 Å². The summed E-state index contributed by atoms with van der Waals surface area (Å²) < 4.78 is 5.14. The van der Waals surface area contributed by atoms with Gasteiger partial charge in [0.25, 0.3) is 0 Å². The molecular weight excluding hydrogens is 370 g/mol. The molecule has 1 fully saturated rings. The maximum absolute atomic E-state index is 12.1. The summed E-state index contributed by atoms with van der Waals surface area (Å²) in [5.41, 5.74) is 2.76. The van der Waals surface area contributed by atoms with E-state index in [9.17, 15) is 4.79 Å². The van der Waals surface area contributed by atoms with E-state index in [2.05, 4.69) is 15.5 Å². The summed E-state index contributed by atoms with van der Waals surface area (Å²) in [6.07, 6.45) is 0.619. The molecule has 0 aliphatic carbocycles. The SMILES string of the molecule is COc1ccc(/C(C)=N\N=C2/NC(=O)[C@@H](Cc3ccc(Cl)cc3)S2)cc1. The van der Waals surface area contributed by atoms with E-state index in [1.807, 2.05) is 55.5 Å². The molecule has 2 aromatic carbocycles. The molecule has 0 bridgehead atoms. The molecule has 0 spiro atoms. The van der Waals surface area contributed by atoms with Crippen LogP contribution in [0, 0.1) is 0 Å². The summed E-state index contributed by atoms with van der Waals surface area (Å²) in [6, 6.07) is 15.1. The maximum Gasteiger partial charge on any atom is 0.239 e. The van der Waals surface area contributed by atoms with Crippen molar-refractivity contribution in [2.75, 3.05) is 7.11 Å².